The molecule has 1 aliphatic heterocycles. The van der Waals surface area contributed by atoms with Crippen LogP contribution in [0.15, 0.2) is 42.5 Å². The standard InChI is InChI=1S/C26H28N2O3/c27-15-19-4-3-5-22(12-19)28-16-21(14-26(28)29)20-10-11-24(30-17-18-8-9-18)25(13-20)31-23-6-1-2-7-23/h3-5,10-13,18,21,23H,1-2,6-9,14,16-17H2/t21-/m0/s1. The average molecular weight is 417 g/mol. The van der Waals surface area contributed by atoms with E-state index in [2.05, 4.69) is 18.2 Å². The van der Waals surface area contributed by atoms with Crippen molar-refractivity contribution >= 4 is 11.6 Å². The van der Waals surface area contributed by atoms with Gasteiger partial charge in [-0.05, 0) is 80.3 Å². The second kappa shape index (κ2) is 8.63. The lowest BCUT2D eigenvalue weighted by atomic mass is 9.98. The molecule has 3 fully saturated rings. The number of carbonyl (C=O) groups excluding carboxylic acids is 1. The van der Waals surface area contributed by atoms with E-state index in [4.69, 9.17) is 9.47 Å². The Balaban J connectivity index is 1.36. The van der Waals surface area contributed by atoms with Crippen molar-refractivity contribution in [3.05, 3.63) is 53.6 Å². The molecule has 31 heavy (non-hydrogen) atoms. The number of benzene rings is 2. The SMILES string of the molecule is N#Cc1cccc(N2C[C@@H](c3ccc(OCC4CC4)c(OC4CCCC4)c3)CC2=O)c1. The summed E-state index contributed by atoms with van der Waals surface area (Å²) >= 11 is 0. The zero-order valence-corrected chi connectivity index (χ0v) is 17.8. The third-order valence-electron chi connectivity index (χ3n) is 6.62. The van der Waals surface area contributed by atoms with E-state index in [0.717, 1.165) is 42.2 Å². The summed E-state index contributed by atoms with van der Waals surface area (Å²) in [5.74, 6) is 2.52. The predicted octanol–water partition coefficient (Wildman–Crippen LogP) is 5.19. The number of nitriles is 1. The van der Waals surface area contributed by atoms with Crippen molar-refractivity contribution in [2.75, 3.05) is 18.1 Å². The fraction of sp³-hybridized carbons (Fsp3) is 0.462. The van der Waals surface area contributed by atoms with Gasteiger partial charge in [-0.3, -0.25) is 4.79 Å². The molecule has 0 radical (unpaired) electrons. The molecule has 2 aromatic carbocycles. The van der Waals surface area contributed by atoms with E-state index >= 15 is 0 Å². The summed E-state index contributed by atoms with van der Waals surface area (Å²) in [6.45, 7) is 1.37. The summed E-state index contributed by atoms with van der Waals surface area (Å²) < 4.78 is 12.5. The third kappa shape index (κ3) is 4.54. The van der Waals surface area contributed by atoms with Crippen molar-refractivity contribution < 1.29 is 14.3 Å². The molecule has 2 aromatic rings. The second-order valence-corrected chi connectivity index (χ2v) is 9.05. The number of nitrogens with zero attached hydrogens (tertiary/aromatic N) is 2. The Bertz CT molecular complexity index is 1000. The smallest absolute Gasteiger partial charge is 0.227 e. The molecule has 1 saturated heterocycles. The molecule has 3 aliphatic rings. The second-order valence-electron chi connectivity index (χ2n) is 9.05. The minimum atomic E-state index is 0.0902. The Morgan fingerprint density at radius 2 is 1.87 bits per heavy atom. The Labute approximate surface area is 183 Å². The Hall–Kier alpha value is -3.00. The van der Waals surface area contributed by atoms with E-state index in [0.29, 0.717) is 24.4 Å². The first-order valence-corrected chi connectivity index (χ1v) is 11.4. The lowest BCUT2D eigenvalue weighted by Gasteiger charge is -2.20. The molecule has 1 heterocycles. The van der Waals surface area contributed by atoms with E-state index < -0.39 is 0 Å². The summed E-state index contributed by atoms with van der Waals surface area (Å²) in [5, 5.41) is 9.18. The van der Waals surface area contributed by atoms with Gasteiger partial charge in [-0.25, -0.2) is 0 Å². The van der Waals surface area contributed by atoms with Crippen LogP contribution < -0.4 is 14.4 Å². The minimum absolute atomic E-state index is 0.0902. The van der Waals surface area contributed by atoms with Gasteiger partial charge < -0.3 is 14.4 Å². The number of hydrogen-bond donors (Lipinski definition) is 0. The van der Waals surface area contributed by atoms with Crippen LogP contribution in [0.25, 0.3) is 0 Å². The summed E-state index contributed by atoms with van der Waals surface area (Å²) in [6.07, 6.45) is 7.85. The van der Waals surface area contributed by atoms with Gasteiger partial charge >= 0.3 is 0 Å². The molecule has 1 amide bonds. The number of anilines is 1. The molecule has 5 rings (SSSR count). The minimum Gasteiger partial charge on any atom is -0.489 e. The molecule has 160 valence electrons. The quantitative estimate of drug-likeness (QED) is 0.623. The first kappa shape index (κ1) is 19.9. The van der Waals surface area contributed by atoms with Gasteiger partial charge in [0.25, 0.3) is 0 Å². The third-order valence-corrected chi connectivity index (χ3v) is 6.62. The molecule has 5 heteroatoms. The highest BCUT2D eigenvalue weighted by Crippen LogP contribution is 2.39. The zero-order chi connectivity index (χ0) is 21.2. The molecule has 5 nitrogen and oxygen atoms in total. The predicted molar refractivity (Wildman–Crippen MR) is 118 cm³/mol. The van der Waals surface area contributed by atoms with E-state index in [1.165, 1.54) is 25.7 Å². The molecule has 0 N–H and O–H groups in total. The van der Waals surface area contributed by atoms with Crippen molar-refractivity contribution in [3.63, 3.8) is 0 Å². The highest BCUT2D eigenvalue weighted by Gasteiger charge is 2.32. The molecule has 0 bridgehead atoms. The first-order chi connectivity index (χ1) is 15.2. The lowest BCUT2D eigenvalue weighted by Crippen LogP contribution is -2.24. The van der Waals surface area contributed by atoms with Crippen molar-refractivity contribution in [3.8, 4) is 17.6 Å². The number of rotatable bonds is 7. The molecule has 0 unspecified atom stereocenters. The van der Waals surface area contributed by atoms with Crippen LogP contribution in [0, 0.1) is 17.2 Å². The van der Waals surface area contributed by atoms with Crippen molar-refractivity contribution in [2.24, 2.45) is 5.92 Å². The summed E-state index contributed by atoms with van der Waals surface area (Å²) in [6, 6.07) is 15.6. The van der Waals surface area contributed by atoms with Crippen LogP contribution in [0.2, 0.25) is 0 Å². The van der Waals surface area contributed by atoms with Gasteiger partial charge in [0.15, 0.2) is 11.5 Å². The highest BCUT2D eigenvalue weighted by molar-refractivity contribution is 5.96. The Morgan fingerprint density at radius 1 is 1.03 bits per heavy atom. The van der Waals surface area contributed by atoms with Crippen LogP contribution in [-0.2, 0) is 4.79 Å². The van der Waals surface area contributed by atoms with Crippen molar-refractivity contribution in [2.45, 2.75) is 57.0 Å². The largest absolute Gasteiger partial charge is 0.489 e. The summed E-state index contributed by atoms with van der Waals surface area (Å²) in [4.78, 5) is 14.6. The monoisotopic (exact) mass is 416 g/mol. The maximum Gasteiger partial charge on any atom is 0.227 e. The zero-order valence-electron chi connectivity index (χ0n) is 17.8. The Morgan fingerprint density at radius 3 is 2.65 bits per heavy atom. The number of amides is 1. The molecular weight excluding hydrogens is 388 g/mol. The summed E-state index contributed by atoms with van der Waals surface area (Å²) in [5.41, 5.74) is 2.47. The van der Waals surface area contributed by atoms with E-state index in [1.807, 2.05) is 18.2 Å². The molecular formula is C26H28N2O3. The molecule has 0 spiro atoms. The van der Waals surface area contributed by atoms with Gasteiger partial charge in [0.1, 0.15) is 0 Å². The summed E-state index contributed by atoms with van der Waals surface area (Å²) in [7, 11) is 0. The Kier molecular flexibility index (Phi) is 5.55. The van der Waals surface area contributed by atoms with Crippen LogP contribution in [0.4, 0.5) is 5.69 Å². The van der Waals surface area contributed by atoms with Gasteiger partial charge in [0.05, 0.1) is 24.3 Å². The van der Waals surface area contributed by atoms with Gasteiger partial charge in [0.2, 0.25) is 5.91 Å². The number of carbonyl (C=O) groups is 1. The fourth-order valence-corrected chi connectivity index (χ4v) is 4.59. The first-order valence-electron chi connectivity index (χ1n) is 11.4. The number of ether oxygens (including phenoxy) is 2. The fourth-order valence-electron chi connectivity index (χ4n) is 4.59. The van der Waals surface area contributed by atoms with Crippen molar-refractivity contribution in [1.29, 1.82) is 5.26 Å². The number of hydrogen-bond acceptors (Lipinski definition) is 4. The van der Waals surface area contributed by atoms with Crippen molar-refractivity contribution in [1.82, 2.24) is 0 Å². The van der Waals surface area contributed by atoms with Crippen LogP contribution in [-0.4, -0.2) is 25.2 Å². The molecule has 1 atom stereocenters. The van der Waals surface area contributed by atoms with Crippen LogP contribution >= 0.6 is 0 Å². The topological polar surface area (TPSA) is 62.6 Å². The van der Waals surface area contributed by atoms with Gasteiger partial charge in [-0.2, -0.15) is 5.26 Å². The molecule has 2 saturated carbocycles. The van der Waals surface area contributed by atoms with E-state index in [-0.39, 0.29) is 17.9 Å². The van der Waals surface area contributed by atoms with Gasteiger partial charge in [-0.1, -0.05) is 12.1 Å². The van der Waals surface area contributed by atoms with Gasteiger partial charge in [-0.15, -0.1) is 0 Å². The van der Waals surface area contributed by atoms with Gasteiger partial charge in [0, 0.05) is 24.6 Å². The van der Waals surface area contributed by atoms with Crippen LogP contribution in [0.5, 0.6) is 11.5 Å². The highest BCUT2D eigenvalue weighted by atomic mass is 16.5. The normalized spacial score (nSPS) is 21.3. The average Bonchev–Trinajstić information content (AvgIpc) is 3.33. The maximum atomic E-state index is 12.8. The maximum absolute atomic E-state index is 12.8. The van der Waals surface area contributed by atoms with E-state index in [1.54, 1.807) is 17.0 Å². The van der Waals surface area contributed by atoms with Crippen LogP contribution in [0.1, 0.15) is 62.0 Å². The molecule has 2 aliphatic carbocycles. The lowest BCUT2D eigenvalue weighted by molar-refractivity contribution is -0.117. The van der Waals surface area contributed by atoms with Crippen LogP contribution in [0.3, 0.4) is 0 Å². The molecule has 0 aromatic heterocycles. The van der Waals surface area contributed by atoms with E-state index in [9.17, 15) is 10.1 Å².